The van der Waals surface area contributed by atoms with E-state index in [2.05, 4.69) is 25.9 Å². The van der Waals surface area contributed by atoms with E-state index < -0.39 is 11.9 Å². The van der Waals surface area contributed by atoms with Crippen molar-refractivity contribution >= 4 is 21.9 Å². The number of benzene rings is 1. The van der Waals surface area contributed by atoms with Gasteiger partial charge in [-0.25, -0.2) is 0 Å². The maximum Gasteiger partial charge on any atom is 0.312 e. The lowest BCUT2D eigenvalue weighted by molar-refractivity contribution is -0.138. The van der Waals surface area contributed by atoms with E-state index in [1.54, 1.807) is 0 Å². The van der Waals surface area contributed by atoms with Crippen LogP contribution in [0.3, 0.4) is 0 Å². The van der Waals surface area contributed by atoms with E-state index >= 15 is 0 Å². The number of halogens is 1. The van der Waals surface area contributed by atoms with Crippen LogP contribution in [0.15, 0.2) is 47.3 Å². The highest BCUT2D eigenvalue weighted by molar-refractivity contribution is 9.10. The van der Waals surface area contributed by atoms with Crippen LogP contribution in [-0.4, -0.2) is 21.0 Å². The summed E-state index contributed by atoms with van der Waals surface area (Å²) in [5.41, 5.74) is 1.42. The zero-order valence-electron chi connectivity index (χ0n) is 9.45. The third-order valence-corrected chi connectivity index (χ3v) is 3.06. The van der Waals surface area contributed by atoms with Crippen LogP contribution in [0.2, 0.25) is 0 Å². The Morgan fingerprint density at radius 1 is 1.39 bits per heavy atom. The van der Waals surface area contributed by atoms with E-state index in [1.807, 2.05) is 24.3 Å². The smallest absolute Gasteiger partial charge is 0.312 e. The van der Waals surface area contributed by atoms with Crippen LogP contribution in [0.5, 0.6) is 0 Å². The van der Waals surface area contributed by atoms with Gasteiger partial charge in [0.15, 0.2) is 0 Å². The minimum Gasteiger partial charge on any atom is -0.481 e. The lowest BCUT2D eigenvalue weighted by atomic mass is 9.96. The summed E-state index contributed by atoms with van der Waals surface area (Å²) in [5.74, 6) is -1.57. The molecule has 2 rings (SSSR count). The number of carbonyl (C=O) groups is 1. The second-order valence-electron chi connectivity index (χ2n) is 3.86. The van der Waals surface area contributed by atoms with Crippen molar-refractivity contribution in [2.45, 2.75) is 12.3 Å². The molecule has 0 aliphatic rings. The SMILES string of the molecule is O=C(O)C(Cc1cccc(Br)c1)c1cnccn1. The molecule has 5 heteroatoms. The molecule has 18 heavy (non-hydrogen) atoms. The van der Waals surface area contributed by atoms with E-state index in [9.17, 15) is 9.90 Å². The lowest BCUT2D eigenvalue weighted by Crippen LogP contribution is -2.16. The van der Waals surface area contributed by atoms with Crippen molar-refractivity contribution in [1.29, 1.82) is 0 Å². The van der Waals surface area contributed by atoms with Crippen LogP contribution in [0.4, 0.5) is 0 Å². The number of hydrogen-bond donors (Lipinski definition) is 1. The summed E-state index contributed by atoms with van der Waals surface area (Å²) in [7, 11) is 0. The first-order valence-corrected chi connectivity index (χ1v) is 6.19. The van der Waals surface area contributed by atoms with Crippen LogP contribution in [0.1, 0.15) is 17.2 Å². The maximum absolute atomic E-state index is 11.3. The molecule has 0 saturated heterocycles. The first-order valence-electron chi connectivity index (χ1n) is 5.40. The van der Waals surface area contributed by atoms with Crippen molar-refractivity contribution in [3.8, 4) is 0 Å². The molecule has 0 bridgehead atoms. The fourth-order valence-electron chi connectivity index (χ4n) is 1.71. The Kier molecular flexibility index (Phi) is 4.04. The lowest BCUT2D eigenvalue weighted by Gasteiger charge is -2.11. The first-order chi connectivity index (χ1) is 8.66. The summed E-state index contributed by atoms with van der Waals surface area (Å²) in [4.78, 5) is 19.3. The molecule has 92 valence electrons. The standard InChI is InChI=1S/C13H11BrN2O2/c14-10-3-1-2-9(6-10)7-11(13(17)18)12-8-15-4-5-16-12/h1-6,8,11H,7H2,(H,17,18). The number of carboxylic acid groups (broad SMARTS) is 1. The van der Waals surface area contributed by atoms with Gasteiger partial charge in [-0.2, -0.15) is 0 Å². The largest absolute Gasteiger partial charge is 0.481 e. The van der Waals surface area contributed by atoms with Crippen molar-refractivity contribution < 1.29 is 9.90 Å². The molecule has 1 aromatic carbocycles. The van der Waals surface area contributed by atoms with Crippen molar-refractivity contribution in [3.05, 3.63) is 58.6 Å². The molecule has 2 aromatic rings. The molecular weight excluding hydrogens is 296 g/mol. The Balaban J connectivity index is 2.25. The molecule has 1 N–H and O–H groups in total. The Morgan fingerprint density at radius 3 is 2.83 bits per heavy atom. The topological polar surface area (TPSA) is 63.1 Å². The zero-order valence-corrected chi connectivity index (χ0v) is 11.0. The quantitative estimate of drug-likeness (QED) is 0.943. The second kappa shape index (κ2) is 5.73. The second-order valence-corrected chi connectivity index (χ2v) is 4.77. The Hall–Kier alpha value is -1.75. The highest BCUT2D eigenvalue weighted by Crippen LogP contribution is 2.21. The molecule has 0 fully saturated rings. The number of carboxylic acids is 1. The van der Waals surface area contributed by atoms with Gasteiger partial charge in [0.05, 0.1) is 5.69 Å². The molecule has 0 aliphatic heterocycles. The molecule has 0 radical (unpaired) electrons. The van der Waals surface area contributed by atoms with E-state index in [4.69, 9.17) is 0 Å². The van der Waals surface area contributed by atoms with Crippen molar-refractivity contribution in [3.63, 3.8) is 0 Å². The molecule has 0 aliphatic carbocycles. The molecule has 1 aromatic heterocycles. The average molecular weight is 307 g/mol. The number of aliphatic carboxylic acids is 1. The Labute approximate surface area is 113 Å². The van der Waals surface area contributed by atoms with E-state index in [-0.39, 0.29) is 0 Å². The predicted molar refractivity (Wildman–Crippen MR) is 70.3 cm³/mol. The normalized spacial score (nSPS) is 12.1. The van der Waals surface area contributed by atoms with Crippen LogP contribution < -0.4 is 0 Å². The zero-order chi connectivity index (χ0) is 13.0. The third kappa shape index (κ3) is 3.13. The summed E-state index contributed by atoms with van der Waals surface area (Å²) in [5, 5.41) is 9.28. The van der Waals surface area contributed by atoms with Crippen molar-refractivity contribution in [1.82, 2.24) is 9.97 Å². The molecule has 0 saturated carbocycles. The first kappa shape index (κ1) is 12.7. The summed E-state index contributed by atoms with van der Waals surface area (Å²) in [6, 6.07) is 7.60. The fourth-order valence-corrected chi connectivity index (χ4v) is 2.16. The highest BCUT2D eigenvalue weighted by Gasteiger charge is 2.21. The van der Waals surface area contributed by atoms with Gasteiger partial charge in [-0.3, -0.25) is 14.8 Å². The Bertz CT molecular complexity index is 546. The van der Waals surface area contributed by atoms with Gasteiger partial charge in [-0.15, -0.1) is 0 Å². The van der Waals surface area contributed by atoms with Gasteiger partial charge < -0.3 is 5.11 Å². The fraction of sp³-hybridized carbons (Fsp3) is 0.154. The molecule has 1 unspecified atom stereocenters. The average Bonchev–Trinajstić information content (AvgIpc) is 2.37. The van der Waals surface area contributed by atoms with Crippen LogP contribution in [0, 0.1) is 0 Å². The van der Waals surface area contributed by atoms with E-state index in [0.29, 0.717) is 12.1 Å². The summed E-state index contributed by atoms with van der Waals surface area (Å²) >= 11 is 3.37. The van der Waals surface area contributed by atoms with Crippen LogP contribution >= 0.6 is 15.9 Å². The molecule has 1 atom stereocenters. The molecule has 0 amide bonds. The molecule has 0 spiro atoms. The monoisotopic (exact) mass is 306 g/mol. The summed E-state index contributed by atoms with van der Waals surface area (Å²) in [6.07, 6.45) is 4.93. The van der Waals surface area contributed by atoms with Crippen LogP contribution in [-0.2, 0) is 11.2 Å². The van der Waals surface area contributed by atoms with Crippen LogP contribution in [0.25, 0.3) is 0 Å². The van der Waals surface area contributed by atoms with Gasteiger partial charge in [0.1, 0.15) is 5.92 Å². The van der Waals surface area contributed by atoms with Gasteiger partial charge >= 0.3 is 5.97 Å². The Morgan fingerprint density at radius 2 is 2.22 bits per heavy atom. The van der Waals surface area contributed by atoms with Gasteiger partial charge in [0.25, 0.3) is 0 Å². The minimum absolute atomic E-state index is 0.396. The molecule has 1 heterocycles. The van der Waals surface area contributed by atoms with Crippen molar-refractivity contribution in [2.24, 2.45) is 0 Å². The molecular formula is C13H11BrN2O2. The number of hydrogen-bond acceptors (Lipinski definition) is 3. The van der Waals surface area contributed by atoms with Gasteiger partial charge in [0.2, 0.25) is 0 Å². The number of rotatable bonds is 4. The van der Waals surface area contributed by atoms with E-state index in [0.717, 1.165) is 10.0 Å². The van der Waals surface area contributed by atoms with E-state index in [1.165, 1.54) is 18.6 Å². The third-order valence-electron chi connectivity index (χ3n) is 2.57. The number of aromatic nitrogens is 2. The predicted octanol–water partition coefficient (Wildman–Crippen LogP) is 2.65. The van der Waals surface area contributed by atoms with Gasteiger partial charge in [-0.1, -0.05) is 28.1 Å². The molecule has 4 nitrogen and oxygen atoms in total. The van der Waals surface area contributed by atoms with Gasteiger partial charge in [0, 0.05) is 23.1 Å². The van der Waals surface area contributed by atoms with Gasteiger partial charge in [-0.05, 0) is 24.1 Å². The minimum atomic E-state index is -0.893. The van der Waals surface area contributed by atoms with Crippen molar-refractivity contribution in [2.75, 3.05) is 0 Å². The maximum atomic E-state index is 11.3. The number of nitrogens with zero attached hydrogens (tertiary/aromatic N) is 2. The summed E-state index contributed by atoms with van der Waals surface area (Å²) < 4.78 is 0.934. The highest BCUT2D eigenvalue weighted by atomic mass is 79.9. The summed E-state index contributed by atoms with van der Waals surface area (Å²) in [6.45, 7) is 0.